The Balaban J connectivity index is 1.50. The van der Waals surface area contributed by atoms with Crippen molar-refractivity contribution in [2.75, 3.05) is 7.05 Å². The third kappa shape index (κ3) is 2.41. The topological polar surface area (TPSA) is 31.9 Å². The van der Waals surface area contributed by atoms with E-state index in [9.17, 15) is 0 Å². The number of rotatable bonds is 3. The van der Waals surface area contributed by atoms with Crippen LogP contribution in [0.3, 0.4) is 0 Å². The zero-order chi connectivity index (χ0) is 17.0. The summed E-state index contributed by atoms with van der Waals surface area (Å²) in [6, 6.07) is 12.5. The highest BCUT2D eigenvalue weighted by molar-refractivity contribution is 5.88. The number of aryl methyl sites for hydroxylation is 3. The highest BCUT2D eigenvalue weighted by Gasteiger charge is 2.39. The molecule has 2 aliphatic heterocycles. The molecule has 0 spiro atoms. The summed E-state index contributed by atoms with van der Waals surface area (Å²) in [5.74, 6) is 0. The van der Waals surface area contributed by atoms with E-state index < -0.39 is 0 Å². The van der Waals surface area contributed by atoms with Gasteiger partial charge in [0.2, 0.25) is 0 Å². The average molecular weight is 331 g/mol. The van der Waals surface area contributed by atoms with Crippen molar-refractivity contribution in [3.63, 3.8) is 0 Å². The van der Waals surface area contributed by atoms with Crippen LogP contribution < -0.4 is 0 Å². The fourth-order valence-electron chi connectivity index (χ4n) is 4.87. The van der Waals surface area contributed by atoms with Gasteiger partial charge in [-0.3, -0.25) is 9.88 Å². The molecule has 2 aromatic heterocycles. The van der Waals surface area contributed by atoms with Crippen LogP contribution in [0.25, 0.3) is 10.9 Å². The SMILES string of the molecule is Cc1ccc(CCc2cccc3c4c([nH]c23)CC2CCC4N2C)cn1. The fourth-order valence-corrected chi connectivity index (χ4v) is 4.87. The van der Waals surface area contributed by atoms with Gasteiger partial charge in [-0.25, -0.2) is 0 Å². The summed E-state index contributed by atoms with van der Waals surface area (Å²) in [5, 5.41) is 1.45. The normalized spacial score (nSPS) is 22.5. The molecule has 3 nitrogen and oxygen atoms in total. The molecule has 0 radical (unpaired) electrons. The van der Waals surface area contributed by atoms with Crippen molar-refractivity contribution in [2.24, 2.45) is 0 Å². The third-order valence-corrected chi connectivity index (χ3v) is 6.31. The molecule has 3 aromatic rings. The number of para-hydroxylation sites is 1. The molecule has 2 aliphatic rings. The summed E-state index contributed by atoms with van der Waals surface area (Å²) < 4.78 is 0. The predicted molar refractivity (Wildman–Crippen MR) is 102 cm³/mol. The molecule has 0 aliphatic carbocycles. The van der Waals surface area contributed by atoms with Gasteiger partial charge in [0.25, 0.3) is 0 Å². The monoisotopic (exact) mass is 331 g/mol. The number of aromatic nitrogens is 2. The van der Waals surface area contributed by atoms with Crippen LogP contribution in [0, 0.1) is 6.92 Å². The molecule has 2 atom stereocenters. The van der Waals surface area contributed by atoms with Crippen molar-refractivity contribution in [3.8, 4) is 0 Å². The van der Waals surface area contributed by atoms with Gasteiger partial charge in [-0.2, -0.15) is 0 Å². The number of hydrogen-bond donors (Lipinski definition) is 1. The number of nitrogens with one attached hydrogen (secondary N) is 1. The van der Waals surface area contributed by atoms with Crippen molar-refractivity contribution in [1.29, 1.82) is 0 Å². The van der Waals surface area contributed by atoms with E-state index in [0.29, 0.717) is 6.04 Å². The van der Waals surface area contributed by atoms with Crippen molar-refractivity contribution in [2.45, 2.75) is 51.1 Å². The first-order valence-corrected chi connectivity index (χ1v) is 9.46. The van der Waals surface area contributed by atoms with E-state index in [1.54, 1.807) is 5.56 Å². The third-order valence-electron chi connectivity index (χ3n) is 6.31. The summed E-state index contributed by atoms with van der Waals surface area (Å²) in [6.07, 6.45) is 7.95. The Kier molecular flexibility index (Phi) is 3.46. The first-order valence-electron chi connectivity index (χ1n) is 9.46. The molecular formula is C22H25N3. The van der Waals surface area contributed by atoms with Crippen molar-refractivity contribution < 1.29 is 0 Å². The lowest BCUT2D eigenvalue weighted by Crippen LogP contribution is -2.33. The molecule has 1 fully saturated rings. The summed E-state index contributed by atoms with van der Waals surface area (Å²) in [6.45, 7) is 2.04. The molecule has 3 heteroatoms. The van der Waals surface area contributed by atoms with Crippen LogP contribution in [0.5, 0.6) is 0 Å². The van der Waals surface area contributed by atoms with E-state index in [1.165, 1.54) is 47.0 Å². The molecule has 25 heavy (non-hydrogen) atoms. The molecular weight excluding hydrogens is 306 g/mol. The van der Waals surface area contributed by atoms with Gasteiger partial charge in [0.15, 0.2) is 0 Å². The molecule has 1 aromatic carbocycles. The molecule has 2 bridgehead atoms. The summed E-state index contributed by atoms with van der Waals surface area (Å²) in [5.41, 5.74) is 8.27. The lowest BCUT2D eigenvalue weighted by molar-refractivity contribution is 0.224. The number of nitrogens with zero attached hydrogens (tertiary/aromatic N) is 2. The zero-order valence-electron chi connectivity index (χ0n) is 15.0. The number of hydrogen-bond acceptors (Lipinski definition) is 2. The Bertz CT molecular complexity index is 922. The van der Waals surface area contributed by atoms with Gasteiger partial charge in [0.1, 0.15) is 0 Å². The summed E-state index contributed by atoms with van der Waals surface area (Å²) in [7, 11) is 2.30. The van der Waals surface area contributed by atoms with Crippen LogP contribution in [0.15, 0.2) is 36.5 Å². The van der Waals surface area contributed by atoms with E-state index in [0.717, 1.165) is 24.6 Å². The van der Waals surface area contributed by atoms with Crippen LogP contribution >= 0.6 is 0 Å². The van der Waals surface area contributed by atoms with Gasteiger partial charge in [-0.15, -0.1) is 0 Å². The standard InChI is InChI=1S/C22H25N3/c1-14-6-7-15(13-23-14)8-9-16-4-3-5-18-21-19(24-22(16)18)12-17-10-11-20(21)25(17)2/h3-7,13,17,20,24H,8-12H2,1-2H3. The number of fused-ring (bicyclic) bond motifs is 6. The second-order valence-corrected chi connectivity index (χ2v) is 7.78. The van der Waals surface area contributed by atoms with E-state index in [4.69, 9.17) is 0 Å². The number of benzene rings is 1. The van der Waals surface area contributed by atoms with Crippen LogP contribution in [-0.4, -0.2) is 28.0 Å². The molecule has 5 rings (SSSR count). The van der Waals surface area contributed by atoms with Gasteiger partial charge in [-0.05, 0) is 62.4 Å². The van der Waals surface area contributed by atoms with Crippen molar-refractivity contribution >= 4 is 10.9 Å². The number of likely N-dealkylation sites (N-methyl/N-ethyl adjacent to an activating group) is 1. The Hall–Kier alpha value is -2.13. The lowest BCUT2D eigenvalue weighted by atomic mass is 9.96. The van der Waals surface area contributed by atoms with E-state index in [1.807, 2.05) is 13.1 Å². The number of pyridine rings is 1. The minimum absolute atomic E-state index is 0.610. The van der Waals surface area contributed by atoms with Crippen LogP contribution in [-0.2, 0) is 19.3 Å². The number of H-pyrrole nitrogens is 1. The van der Waals surface area contributed by atoms with Gasteiger partial charge in [0, 0.05) is 47.0 Å². The zero-order valence-corrected chi connectivity index (χ0v) is 15.0. The van der Waals surface area contributed by atoms with E-state index in [2.05, 4.69) is 52.2 Å². The molecule has 0 saturated carbocycles. The maximum absolute atomic E-state index is 4.43. The fraction of sp³-hybridized carbons (Fsp3) is 0.409. The quantitative estimate of drug-likeness (QED) is 0.774. The second-order valence-electron chi connectivity index (χ2n) is 7.78. The first-order chi connectivity index (χ1) is 12.2. The van der Waals surface area contributed by atoms with Gasteiger partial charge in [-0.1, -0.05) is 24.3 Å². The molecule has 1 N–H and O–H groups in total. The van der Waals surface area contributed by atoms with Gasteiger partial charge >= 0.3 is 0 Å². The number of aromatic amines is 1. The van der Waals surface area contributed by atoms with Gasteiger partial charge in [0.05, 0.1) is 0 Å². The Morgan fingerprint density at radius 1 is 1.16 bits per heavy atom. The Labute approximate surface area is 149 Å². The van der Waals surface area contributed by atoms with Gasteiger partial charge < -0.3 is 4.98 Å². The molecule has 1 saturated heterocycles. The Morgan fingerprint density at radius 2 is 2.08 bits per heavy atom. The minimum Gasteiger partial charge on any atom is -0.358 e. The summed E-state index contributed by atoms with van der Waals surface area (Å²) >= 11 is 0. The highest BCUT2D eigenvalue weighted by atomic mass is 15.2. The maximum atomic E-state index is 4.43. The van der Waals surface area contributed by atoms with E-state index >= 15 is 0 Å². The Morgan fingerprint density at radius 3 is 2.92 bits per heavy atom. The average Bonchev–Trinajstić information content (AvgIpc) is 3.09. The highest BCUT2D eigenvalue weighted by Crippen LogP contribution is 2.45. The minimum atomic E-state index is 0.610. The van der Waals surface area contributed by atoms with Crippen LogP contribution in [0.2, 0.25) is 0 Å². The predicted octanol–water partition coefficient (Wildman–Crippen LogP) is 4.35. The smallest absolute Gasteiger partial charge is 0.0492 e. The second kappa shape index (κ2) is 5.70. The largest absolute Gasteiger partial charge is 0.358 e. The van der Waals surface area contributed by atoms with Crippen molar-refractivity contribution in [1.82, 2.24) is 14.9 Å². The molecule has 2 unspecified atom stereocenters. The maximum Gasteiger partial charge on any atom is 0.0492 e. The molecule has 0 amide bonds. The van der Waals surface area contributed by atoms with Crippen LogP contribution in [0.1, 0.15) is 47.0 Å². The van der Waals surface area contributed by atoms with Crippen LogP contribution in [0.4, 0.5) is 0 Å². The first kappa shape index (κ1) is 15.2. The lowest BCUT2D eigenvalue weighted by Gasteiger charge is -2.31. The summed E-state index contributed by atoms with van der Waals surface area (Å²) in [4.78, 5) is 10.8. The molecule has 128 valence electrons. The molecule has 4 heterocycles. The van der Waals surface area contributed by atoms with Crippen molar-refractivity contribution in [3.05, 3.63) is 64.6 Å². The van der Waals surface area contributed by atoms with E-state index in [-0.39, 0.29) is 0 Å².